The fourth-order valence-electron chi connectivity index (χ4n) is 1.80. The van der Waals surface area contributed by atoms with E-state index in [9.17, 15) is 0 Å². The van der Waals surface area contributed by atoms with E-state index < -0.39 is 0 Å². The highest BCUT2D eigenvalue weighted by Crippen LogP contribution is 2.35. The number of nitrogens with two attached hydrogens (primary N) is 1. The Labute approximate surface area is 109 Å². The van der Waals surface area contributed by atoms with Gasteiger partial charge < -0.3 is 10.5 Å². The summed E-state index contributed by atoms with van der Waals surface area (Å²) in [7, 11) is 3.47. The van der Waals surface area contributed by atoms with Gasteiger partial charge >= 0.3 is 0 Å². The van der Waals surface area contributed by atoms with E-state index in [0.29, 0.717) is 5.82 Å². The maximum Gasteiger partial charge on any atom is 0.131 e. The number of hydrogen-bond donors (Lipinski definition) is 1. The molecule has 0 spiro atoms. The van der Waals surface area contributed by atoms with E-state index in [1.807, 2.05) is 32.2 Å². The first-order chi connectivity index (χ1) is 8.02. The first-order valence-corrected chi connectivity index (χ1v) is 5.96. The van der Waals surface area contributed by atoms with Gasteiger partial charge in [0.1, 0.15) is 11.6 Å². The Balaban J connectivity index is 2.65. The summed E-state index contributed by atoms with van der Waals surface area (Å²) in [5, 5.41) is 4.36. The first kappa shape index (κ1) is 12.0. The van der Waals surface area contributed by atoms with Gasteiger partial charge in [0, 0.05) is 23.2 Å². The molecule has 0 atom stereocenters. The molecule has 2 aromatic rings. The molecule has 0 aliphatic heterocycles. The van der Waals surface area contributed by atoms with Gasteiger partial charge in [-0.05, 0) is 24.6 Å². The molecule has 0 aliphatic rings. The molecular weight excluding hydrogens is 282 g/mol. The van der Waals surface area contributed by atoms with Crippen molar-refractivity contribution in [1.82, 2.24) is 9.78 Å². The van der Waals surface area contributed by atoms with Crippen LogP contribution in [-0.4, -0.2) is 16.9 Å². The van der Waals surface area contributed by atoms with Crippen LogP contribution in [0, 0.1) is 6.92 Å². The maximum absolute atomic E-state index is 5.79. The largest absolute Gasteiger partial charge is 0.496 e. The molecule has 0 bridgehead atoms. The van der Waals surface area contributed by atoms with E-state index in [1.165, 1.54) is 0 Å². The summed E-state index contributed by atoms with van der Waals surface area (Å²) >= 11 is 3.48. The molecular formula is C12H14BrN3O. The summed E-state index contributed by atoms with van der Waals surface area (Å²) in [6.45, 7) is 2.00. The number of benzene rings is 1. The van der Waals surface area contributed by atoms with Crippen LogP contribution < -0.4 is 10.5 Å². The van der Waals surface area contributed by atoms with E-state index in [4.69, 9.17) is 10.5 Å². The number of aromatic nitrogens is 2. The average Bonchev–Trinajstić information content (AvgIpc) is 2.58. The molecule has 0 saturated carbocycles. The molecule has 2 N–H and O–H groups in total. The monoisotopic (exact) mass is 295 g/mol. The van der Waals surface area contributed by atoms with Gasteiger partial charge in [-0.15, -0.1) is 0 Å². The predicted molar refractivity (Wildman–Crippen MR) is 72.0 cm³/mol. The van der Waals surface area contributed by atoms with Crippen LogP contribution in [0.5, 0.6) is 5.75 Å². The summed E-state index contributed by atoms with van der Waals surface area (Å²) in [6.07, 6.45) is 0. The minimum Gasteiger partial charge on any atom is -0.496 e. The molecule has 0 unspecified atom stereocenters. The Morgan fingerprint density at radius 1 is 1.35 bits per heavy atom. The van der Waals surface area contributed by atoms with Crippen molar-refractivity contribution in [1.29, 1.82) is 0 Å². The van der Waals surface area contributed by atoms with Gasteiger partial charge in [0.05, 0.1) is 12.8 Å². The van der Waals surface area contributed by atoms with E-state index in [-0.39, 0.29) is 0 Å². The molecule has 2 rings (SSSR count). The van der Waals surface area contributed by atoms with Gasteiger partial charge in [-0.25, -0.2) is 0 Å². The zero-order valence-corrected chi connectivity index (χ0v) is 11.6. The lowest BCUT2D eigenvalue weighted by molar-refractivity contribution is 0.413. The summed E-state index contributed by atoms with van der Waals surface area (Å²) in [6, 6.07) is 5.83. The Hall–Kier alpha value is -1.49. The number of nitrogen functional groups attached to an aromatic ring is 1. The van der Waals surface area contributed by atoms with Crippen LogP contribution in [0.3, 0.4) is 0 Å². The van der Waals surface area contributed by atoms with Gasteiger partial charge in [0.25, 0.3) is 0 Å². The summed E-state index contributed by atoms with van der Waals surface area (Å²) in [5.41, 5.74) is 8.60. The summed E-state index contributed by atoms with van der Waals surface area (Å²) in [4.78, 5) is 0. The van der Waals surface area contributed by atoms with Crippen LogP contribution in [0.4, 0.5) is 5.82 Å². The smallest absolute Gasteiger partial charge is 0.131 e. The van der Waals surface area contributed by atoms with E-state index in [1.54, 1.807) is 11.8 Å². The van der Waals surface area contributed by atoms with Gasteiger partial charge in [-0.2, -0.15) is 5.10 Å². The van der Waals surface area contributed by atoms with Crippen LogP contribution >= 0.6 is 15.9 Å². The molecule has 17 heavy (non-hydrogen) atoms. The second kappa shape index (κ2) is 4.41. The Bertz CT molecular complexity index is 544. The normalized spacial score (nSPS) is 10.6. The Kier molecular flexibility index (Phi) is 3.11. The number of aryl methyl sites for hydroxylation is 2. The second-order valence-electron chi connectivity index (χ2n) is 3.88. The van der Waals surface area contributed by atoms with Crippen LogP contribution in [0.15, 0.2) is 22.7 Å². The number of hydrogen-bond acceptors (Lipinski definition) is 3. The van der Waals surface area contributed by atoms with Crippen LogP contribution in [0.2, 0.25) is 0 Å². The SMILES string of the molecule is COc1c(C)cc(Br)cc1-c1cc(N)n(C)n1. The maximum atomic E-state index is 5.79. The molecule has 0 radical (unpaired) electrons. The third kappa shape index (κ3) is 2.15. The zero-order valence-electron chi connectivity index (χ0n) is 9.99. The van der Waals surface area contributed by atoms with Crippen LogP contribution in [0.25, 0.3) is 11.3 Å². The minimum atomic E-state index is 0.625. The Morgan fingerprint density at radius 3 is 2.59 bits per heavy atom. The molecule has 0 fully saturated rings. The second-order valence-corrected chi connectivity index (χ2v) is 4.80. The molecule has 4 nitrogen and oxygen atoms in total. The lowest BCUT2D eigenvalue weighted by atomic mass is 10.1. The molecule has 1 aromatic heterocycles. The van der Waals surface area contributed by atoms with Gasteiger partial charge in [-0.3, -0.25) is 4.68 Å². The van der Waals surface area contributed by atoms with E-state index in [2.05, 4.69) is 21.0 Å². The van der Waals surface area contributed by atoms with Crippen molar-refractivity contribution >= 4 is 21.7 Å². The zero-order chi connectivity index (χ0) is 12.6. The molecule has 90 valence electrons. The lowest BCUT2D eigenvalue weighted by Crippen LogP contribution is -1.97. The first-order valence-electron chi connectivity index (χ1n) is 5.17. The van der Waals surface area contributed by atoms with Crippen LogP contribution in [-0.2, 0) is 7.05 Å². The highest BCUT2D eigenvalue weighted by atomic mass is 79.9. The molecule has 0 amide bonds. The van der Waals surface area contributed by atoms with Crippen molar-refractivity contribution in [3.63, 3.8) is 0 Å². The number of ether oxygens (including phenoxy) is 1. The predicted octanol–water partition coefficient (Wildman–Crippen LogP) is 2.75. The lowest BCUT2D eigenvalue weighted by Gasteiger charge is -2.10. The van der Waals surface area contributed by atoms with Crippen molar-refractivity contribution < 1.29 is 4.74 Å². The third-order valence-electron chi connectivity index (χ3n) is 2.64. The van der Waals surface area contributed by atoms with Gasteiger partial charge in [-0.1, -0.05) is 15.9 Å². The van der Waals surface area contributed by atoms with Gasteiger partial charge in [0.15, 0.2) is 0 Å². The molecule has 1 aromatic carbocycles. The molecule has 5 heteroatoms. The van der Waals surface area contributed by atoms with Crippen molar-refractivity contribution in [2.45, 2.75) is 6.92 Å². The Morgan fingerprint density at radius 2 is 2.06 bits per heavy atom. The number of halogens is 1. The van der Waals surface area contributed by atoms with Gasteiger partial charge in [0.2, 0.25) is 0 Å². The minimum absolute atomic E-state index is 0.625. The van der Waals surface area contributed by atoms with E-state index in [0.717, 1.165) is 27.0 Å². The summed E-state index contributed by atoms with van der Waals surface area (Å²) in [5.74, 6) is 1.45. The quantitative estimate of drug-likeness (QED) is 0.927. The van der Waals surface area contributed by atoms with E-state index >= 15 is 0 Å². The number of anilines is 1. The highest BCUT2D eigenvalue weighted by Gasteiger charge is 2.13. The average molecular weight is 296 g/mol. The van der Waals surface area contributed by atoms with Crippen molar-refractivity contribution in [3.05, 3.63) is 28.2 Å². The van der Waals surface area contributed by atoms with Crippen molar-refractivity contribution in [2.75, 3.05) is 12.8 Å². The highest BCUT2D eigenvalue weighted by molar-refractivity contribution is 9.10. The molecule has 0 aliphatic carbocycles. The molecule has 0 saturated heterocycles. The fraction of sp³-hybridized carbons (Fsp3) is 0.250. The topological polar surface area (TPSA) is 53.1 Å². The number of nitrogens with zero attached hydrogens (tertiary/aromatic N) is 2. The third-order valence-corrected chi connectivity index (χ3v) is 3.09. The van der Waals surface area contributed by atoms with Crippen LogP contribution in [0.1, 0.15) is 5.56 Å². The molecule has 1 heterocycles. The number of rotatable bonds is 2. The van der Waals surface area contributed by atoms with Crippen molar-refractivity contribution in [3.8, 4) is 17.0 Å². The number of methoxy groups -OCH3 is 1. The van der Waals surface area contributed by atoms with Crippen molar-refractivity contribution in [2.24, 2.45) is 7.05 Å². The fourth-order valence-corrected chi connectivity index (χ4v) is 2.38. The standard InChI is InChI=1S/C12H14BrN3O/c1-7-4-8(13)5-9(12(7)17-3)10-6-11(14)16(2)15-10/h4-6H,14H2,1-3H3. The summed E-state index contributed by atoms with van der Waals surface area (Å²) < 4.78 is 8.06.